The molecule has 1 N–H and O–H groups in total. The molecule has 3 amide bonds. The zero-order chi connectivity index (χ0) is 26.1. The van der Waals surface area contributed by atoms with Gasteiger partial charge in [0.2, 0.25) is 11.8 Å². The first-order valence-electron chi connectivity index (χ1n) is 13.0. The number of amides is 3. The maximum atomic E-state index is 13.3. The fourth-order valence-corrected chi connectivity index (χ4v) is 6.22. The highest BCUT2D eigenvalue weighted by Gasteiger charge is 2.42. The van der Waals surface area contributed by atoms with Crippen molar-refractivity contribution in [1.82, 2.24) is 10.2 Å². The van der Waals surface area contributed by atoms with Gasteiger partial charge < -0.3 is 14.6 Å². The van der Waals surface area contributed by atoms with E-state index in [4.69, 9.17) is 0 Å². The van der Waals surface area contributed by atoms with Gasteiger partial charge in [0.25, 0.3) is 5.91 Å². The summed E-state index contributed by atoms with van der Waals surface area (Å²) >= 11 is 0. The van der Waals surface area contributed by atoms with E-state index in [0.29, 0.717) is 17.6 Å². The van der Waals surface area contributed by atoms with Crippen LogP contribution in [0.3, 0.4) is 0 Å². The molecule has 194 valence electrons. The third-order valence-electron chi connectivity index (χ3n) is 8.98. The molecule has 1 aromatic carbocycles. The van der Waals surface area contributed by atoms with Gasteiger partial charge in [0, 0.05) is 43.2 Å². The van der Waals surface area contributed by atoms with E-state index in [0.717, 1.165) is 63.6 Å². The summed E-state index contributed by atoms with van der Waals surface area (Å²) in [6, 6.07) is 4.57. The van der Waals surface area contributed by atoms with Crippen molar-refractivity contribution in [2.75, 3.05) is 25.0 Å². The summed E-state index contributed by atoms with van der Waals surface area (Å²) < 4.78 is 0. The van der Waals surface area contributed by atoms with Gasteiger partial charge in [-0.25, -0.2) is 0 Å². The first-order chi connectivity index (χ1) is 17.1. The monoisotopic (exact) mass is 495 g/mol. The SMILES string of the molecule is CN(C(=O)c1cc(N2CCC3(CCC(C(C)(C)C=O)CC3)CC2)ccc1C=O)C1CCC(=O)NC1=O. The fraction of sp³-hybridized carbons (Fsp3) is 0.607. The Morgan fingerprint density at radius 1 is 1.08 bits per heavy atom. The third-order valence-corrected chi connectivity index (χ3v) is 8.98. The Morgan fingerprint density at radius 2 is 1.75 bits per heavy atom. The van der Waals surface area contributed by atoms with Gasteiger partial charge in [-0.15, -0.1) is 0 Å². The van der Waals surface area contributed by atoms with Crippen LogP contribution in [-0.4, -0.2) is 61.4 Å². The molecule has 1 aliphatic carbocycles. The minimum Gasteiger partial charge on any atom is -0.371 e. The lowest BCUT2D eigenvalue weighted by Gasteiger charge is -2.48. The predicted molar refractivity (Wildman–Crippen MR) is 136 cm³/mol. The molecule has 1 saturated carbocycles. The number of nitrogens with zero attached hydrogens (tertiary/aromatic N) is 2. The summed E-state index contributed by atoms with van der Waals surface area (Å²) in [6.07, 6.45) is 8.82. The Labute approximate surface area is 212 Å². The molecular weight excluding hydrogens is 458 g/mol. The van der Waals surface area contributed by atoms with Crippen LogP contribution in [0.5, 0.6) is 0 Å². The maximum Gasteiger partial charge on any atom is 0.255 e. The van der Waals surface area contributed by atoms with E-state index >= 15 is 0 Å². The van der Waals surface area contributed by atoms with Crippen LogP contribution in [0, 0.1) is 16.7 Å². The number of hydrogen-bond donors (Lipinski definition) is 1. The van der Waals surface area contributed by atoms with Crippen LogP contribution in [-0.2, 0) is 14.4 Å². The Kier molecular flexibility index (Phi) is 7.34. The number of anilines is 1. The normalized spacial score (nSPS) is 22.8. The van der Waals surface area contributed by atoms with Crippen molar-refractivity contribution in [3.63, 3.8) is 0 Å². The smallest absolute Gasteiger partial charge is 0.255 e. The van der Waals surface area contributed by atoms with Gasteiger partial charge in [0.05, 0.1) is 5.56 Å². The van der Waals surface area contributed by atoms with Crippen LogP contribution in [0.2, 0.25) is 0 Å². The van der Waals surface area contributed by atoms with Crippen molar-refractivity contribution in [2.45, 2.75) is 71.3 Å². The van der Waals surface area contributed by atoms with Gasteiger partial charge in [-0.1, -0.05) is 13.8 Å². The molecule has 8 heteroatoms. The number of nitrogens with one attached hydrogen (secondary N) is 1. The molecule has 1 spiro atoms. The van der Waals surface area contributed by atoms with Gasteiger partial charge in [-0.05, 0) is 74.5 Å². The lowest BCUT2D eigenvalue weighted by atomic mass is 9.61. The number of aldehydes is 2. The van der Waals surface area contributed by atoms with Gasteiger partial charge in [-0.2, -0.15) is 0 Å². The number of rotatable bonds is 6. The molecule has 1 aromatic rings. The number of imide groups is 1. The molecule has 1 unspecified atom stereocenters. The van der Waals surface area contributed by atoms with Gasteiger partial charge >= 0.3 is 0 Å². The van der Waals surface area contributed by atoms with Crippen LogP contribution in [0.4, 0.5) is 5.69 Å². The second-order valence-corrected chi connectivity index (χ2v) is 11.5. The summed E-state index contributed by atoms with van der Waals surface area (Å²) in [5.41, 5.74) is 1.51. The molecule has 0 aromatic heterocycles. The van der Waals surface area contributed by atoms with Crippen LogP contribution in [0.25, 0.3) is 0 Å². The number of carbonyl (C=O) groups is 5. The second kappa shape index (κ2) is 10.1. The van der Waals surface area contributed by atoms with Crippen LogP contribution in [0.1, 0.15) is 85.9 Å². The molecule has 2 aliphatic heterocycles. The molecule has 3 fully saturated rings. The largest absolute Gasteiger partial charge is 0.371 e. The van der Waals surface area contributed by atoms with Crippen molar-refractivity contribution in [3.8, 4) is 0 Å². The van der Waals surface area contributed by atoms with E-state index in [2.05, 4.69) is 10.2 Å². The predicted octanol–water partition coefficient (Wildman–Crippen LogP) is 3.38. The minimum absolute atomic E-state index is 0.178. The summed E-state index contributed by atoms with van der Waals surface area (Å²) in [7, 11) is 1.54. The number of piperidine rings is 2. The fourth-order valence-electron chi connectivity index (χ4n) is 6.22. The molecule has 3 aliphatic rings. The van der Waals surface area contributed by atoms with Crippen molar-refractivity contribution in [2.24, 2.45) is 16.7 Å². The van der Waals surface area contributed by atoms with E-state index < -0.39 is 17.9 Å². The molecule has 0 radical (unpaired) electrons. The highest BCUT2D eigenvalue weighted by molar-refractivity contribution is 6.06. The number of benzene rings is 1. The molecule has 1 atom stereocenters. The zero-order valence-electron chi connectivity index (χ0n) is 21.5. The van der Waals surface area contributed by atoms with Gasteiger partial charge in [0.15, 0.2) is 6.29 Å². The van der Waals surface area contributed by atoms with Crippen molar-refractivity contribution in [3.05, 3.63) is 29.3 Å². The van der Waals surface area contributed by atoms with Crippen LogP contribution in [0.15, 0.2) is 18.2 Å². The molecule has 36 heavy (non-hydrogen) atoms. The molecule has 2 saturated heterocycles. The van der Waals surface area contributed by atoms with Crippen molar-refractivity contribution >= 4 is 36.0 Å². The van der Waals surface area contributed by atoms with Crippen LogP contribution < -0.4 is 10.2 Å². The van der Waals surface area contributed by atoms with E-state index in [1.807, 2.05) is 19.9 Å². The van der Waals surface area contributed by atoms with E-state index in [1.165, 1.54) is 11.9 Å². The number of carbonyl (C=O) groups excluding carboxylic acids is 5. The average Bonchev–Trinajstić information content (AvgIpc) is 2.88. The summed E-state index contributed by atoms with van der Waals surface area (Å²) in [6.45, 7) is 5.84. The Balaban J connectivity index is 1.44. The lowest BCUT2D eigenvalue weighted by molar-refractivity contribution is -0.136. The average molecular weight is 496 g/mol. The Bertz CT molecular complexity index is 1050. The topological polar surface area (TPSA) is 104 Å². The summed E-state index contributed by atoms with van der Waals surface area (Å²) in [5, 5.41) is 2.28. The van der Waals surface area contributed by atoms with Crippen molar-refractivity contribution in [1.29, 1.82) is 0 Å². The first kappa shape index (κ1) is 26.0. The lowest BCUT2D eigenvalue weighted by Crippen LogP contribution is -2.53. The number of hydrogen-bond acceptors (Lipinski definition) is 6. The second-order valence-electron chi connectivity index (χ2n) is 11.5. The molecule has 4 rings (SSSR count). The standard InChI is InChI=1S/C28H37N3O5/c1-27(2,18-33)20-8-10-28(11-9-20)12-14-31(15-13-28)21-5-4-19(17-32)22(16-21)26(36)30(3)23-6-7-24(34)29-25(23)35/h4-5,16-18,20,23H,6-15H2,1-3H3,(H,29,34,35). The zero-order valence-corrected chi connectivity index (χ0v) is 21.5. The quantitative estimate of drug-likeness (QED) is 0.479. The van der Waals surface area contributed by atoms with Gasteiger partial charge in [0.1, 0.15) is 12.3 Å². The Morgan fingerprint density at radius 3 is 2.33 bits per heavy atom. The molecular formula is C28H37N3O5. The molecule has 2 heterocycles. The van der Waals surface area contributed by atoms with E-state index in [1.54, 1.807) is 12.1 Å². The number of likely N-dealkylation sites (N-methyl/N-ethyl adjacent to an activating group) is 1. The maximum absolute atomic E-state index is 13.3. The highest BCUT2D eigenvalue weighted by atomic mass is 16.2. The minimum atomic E-state index is -0.743. The first-order valence-corrected chi connectivity index (χ1v) is 13.0. The molecule has 8 nitrogen and oxygen atoms in total. The van der Waals surface area contributed by atoms with E-state index in [9.17, 15) is 24.0 Å². The van der Waals surface area contributed by atoms with Crippen LogP contribution >= 0.6 is 0 Å². The third kappa shape index (κ3) is 5.08. The Hall–Kier alpha value is -3.03. The van der Waals surface area contributed by atoms with E-state index in [-0.39, 0.29) is 35.3 Å². The van der Waals surface area contributed by atoms with Gasteiger partial charge in [-0.3, -0.25) is 24.5 Å². The van der Waals surface area contributed by atoms with Crippen molar-refractivity contribution < 1.29 is 24.0 Å². The summed E-state index contributed by atoms with van der Waals surface area (Å²) in [4.78, 5) is 63.9. The summed E-state index contributed by atoms with van der Waals surface area (Å²) in [5.74, 6) is -0.780. The highest BCUT2D eigenvalue weighted by Crippen LogP contribution is 2.50. The molecule has 0 bridgehead atoms.